The largest absolute Gasteiger partial charge is 0.478 e. The van der Waals surface area contributed by atoms with Crippen LogP contribution in [0.15, 0.2) is 53.0 Å². The van der Waals surface area contributed by atoms with Gasteiger partial charge in [-0.1, -0.05) is 41.1 Å². The van der Waals surface area contributed by atoms with Crippen LogP contribution in [0.3, 0.4) is 0 Å². The van der Waals surface area contributed by atoms with Gasteiger partial charge in [0.1, 0.15) is 11.3 Å². The number of carbonyl (C=O) groups excluding carboxylic acids is 2. The van der Waals surface area contributed by atoms with Crippen molar-refractivity contribution < 1.29 is 24.2 Å². The number of carboxylic acids is 1. The molecular weight excluding hydrogens is 402 g/mol. The van der Waals surface area contributed by atoms with Gasteiger partial charge in [-0.25, -0.2) is 4.79 Å². The fourth-order valence-electron chi connectivity index (χ4n) is 2.02. The van der Waals surface area contributed by atoms with Crippen molar-refractivity contribution in [3.05, 3.63) is 64.1 Å². The highest BCUT2D eigenvalue weighted by atomic mass is 79.9. The molecule has 0 bridgehead atoms. The van der Waals surface area contributed by atoms with E-state index >= 15 is 0 Å². The van der Waals surface area contributed by atoms with Crippen LogP contribution in [0.25, 0.3) is 6.08 Å². The molecule has 1 amide bonds. The van der Waals surface area contributed by atoms with E-state index in [1.54, 1.807) is 13.0 Å². The molecule has 0 saturated carbocycles. The molecule has 0 fully saturated rings. The van der Waals surface area contributed by atoms with Crippen molar-refractivity contribution in [3.63, 3.8) is 0 Å². The third kappa shape index (κ3) is 5.29. The van der Waals surface area contributed by atoms with Gasteiger partial charge < -0.3 is 15.2 Å². The quantitative estimate of drug-likeness (QED) is 0.418. The second-order valence-corrected chi connectivity index (χ2v) is 6.04. The number of halogens is 1. The molecule has 0 atom stereocenters. The summed E-state index contributed by atoms with van der Waals surface area (Å²) in [5.74, 6) is -2.29. The Balaban J connectivity index is 2.15. The number of anilines is 1. The van der Waals surface area contributed by atoms with Gasteiger partial charge in [-0.15, -0.1) is 0 Å². The molecule has 0 heterocycles. The van der Waals surface area contributed by atoms with E-state index in [4.69, 9.17) is 4.74 Å². The Kier molecular flexibility index (Phi) is 6.68. The number of carboxylic acid groups (broad SMARTS) is 1. The van der Waals surface area contributed by atoms with Gasteiger partial charge in [-0.05, 0) is 35.9 Å². The summed E-state index contributed by atoms with van der Waals surface area (Å²) in [6, 6.07) is 11.4. The van der Waals surface area contributed by atoms with E-state index in [2.05, 4.69) is 21.2 Å². The predicted molar refractivity (Wildman–Crippen MR) is 101 cm³/mol. The SMILES string of the molecule is CCC(=O)Oc1ccc(NC(=O)C=Cc2ccccc2Br)cc1C(=O)O. The van der Waals surface area contributed by atoms with E-state index in [1.807, 2.05) is 24.3 Å². The number of esters is 1. The number of aromatic carboxylic acids is 1. The van der Waals surface area contributed by atoms with Crippen LogP contribution in [0.4, 0.5) is 5.69 Å². The van der Waals surface area contributed by atoms with Crippen molar-refractivity contribution in [2.24, 2.45) is 0 Å². The number of hydrogen-bond acceptors (Lipinski definition) is 4. The van der Waals surface area contributed by atoms with Crippen LogP contribution in [-0.4, -0.2) is 23.0 Å². The molecule has 0 aliphatic carbocycles. The van der Waals surface area contributed by atoms with Gasteiger partial charge in [-0.2, -0.15) is 0 Å². The van der Waals surface area contributed by atoms with Gasteiger partial charge in [0, 0.05) is 22.7 Å². The maximum atomic E-state index is 12.0. The van der Waals surface area contributed by atoms with E-state index in [0.717, 1.165) is 10.0 Å². The molecule has 0 spiro atoms. The third-order valence-corrected chi connectivity index (χ3v) is 4.03. The minimum atomic E-state index is -1.26. The highest BCUT2D eigenvalue weighted by molar-refractivity contribution is 9.10. The Bertz CT molecular complexity index is 876. The minimum Gasteiger partial charge on any atom is -0.478 e. The van der Waals surface area contributed by atoms with Gasteiger partial charge >= 0.3 is 11.9 Å². The Morgan fingerprint density at radius 3 is 2.58 bits per heavy atom. The topological polar surface area (TPSA) is 92.7 Å². The molecule has 2 N–H and O–H groups in total. The van der Waals surface area contributed by atoms with Crippen molar-refractivity contribution in [1.82, 2.24) is 0 Å². The standard InChI is InChI=1S/C19H16BrNO5/c1-2-18(23)26-16-9-8-13(11-14(16)19(24)25)21-17(22)10-7-12-5-3-4-6-15(12)20/h3-11H,2H2,1H3,(H,21,22)(H,24,25). The average molecular weight is 418 g/mol. The van der Waals surface area contributed by atoms with Crippen LogP contribution in [0.1, 0.15) is 29.3 Å². The van der Waals surface area contributed by atoms with Crippen LogP contribution in [0.5, 0.6) is 5.75 Å². The first-order valence-corrected chi connectivity index (χ1v) is 8.51. The molecule has 0 radical (unpaired) electrons. The molecule has 0 saturated heterocycles. The van der Waals surface area contributed by atoms with E-state index in [1.165, 1.54) is 24.3 Å². The number of hydrogen-bond donors (Lipinski definition) is 2. The summed E-state index contributed by atoms with van der Waals surface area (Å²) in [5.41, 5.74) is 0.899. The molecule has 134 valence electrons. The molecule has 7 heteroatoms. The number of nitrogens with one attached hydrogen (secondary N) is 1. The number of amides is 1. The summed E-state index contributed by atoms with van der Waals surface area (Å²) in [5, 5.41) is 11.8. The summed E-state index contributed by atoms with van der Waals surface area (Å²) in [6.45, 7) is 1.61. The number of ether oxygens (including phenoxy) is 1. The van der Waals surface area contributed by atoms with E-state index in [9.17, 15) is 19.5 Å². The van der Waals surface area contributed by atoms with Gasteiger partial charge in [0.15, 0.2) is 0 Å². The van der Waals surface area contributed by atoms with Crippen molar-refractivity contribution in [1.29, 1.82) is 0 Å². The van der Waals surface area contributed by atoms with Crippen LogP contribution in [0, 0.1) is 0 Å². The van der Waals surface area contributed by atoms with E-state index in [-0.39, 0.29) is 23.4 Å². The van der Waals surface area contributed by atoms with Crippen LogP contribution >= 0.6 is 15.9 Å². The van der Waals surface area contributed by atoms with Gasteiger partial charge in [0.05, 0.1) is 0 Å². The molecule has 2 aromatic carbocycles. The number of rotatable bonds is 6. The smallest absolute Gasteiger partial charge is 0.339 e. The molecule has 0 aliphatic rings. The first-order chi connectivity index (χ1) is 12.4. The summed E-state index contributed by atoms with van der Waals surface area (Å²) in [6.07, 6.45) is 3.10. The Hall–Kier alpha value is -2.93. The lowest BCUT2D eigenvalue weighted by atomic mass is 10.1. The lowest BCUT2D eigenvalue weighted by Gasteiger charge is -2.09. The predicted octanol–water partition coefficient (Wildman–Crippen LogP) is 4.11. The lowest BCUT2D eigenvalue weighted by Crippen LogP contribution is -2.12. The maximum Gasteiger partial charge on any atom is 0.339 e. The molecule has 26 heavy (non-hydrogen) atoms. The van der Waals surface area contributed by atoms with E-state index in [0.29, 0.717) is 0 Å². The third-order valence-electron chi connectivity index (χ3n) is 3.31. The van der Waals surface area contributed by atoms with Gasteiger partial charge in [-0.3, -0.25) is 9.59 Å². The first-order valence-electron chi connectivity index (χ1n) is 7.72. The van der Waals surface area contributed by atoms with Crippen molar-refractivity contribution in [2.45, 2.75) is 13.3 Å². The molecule has 0 unspecified atom stereocenters. The summed E-state index contributed by atoms with van der Waals surface area (Å²) in [4.78, 5) is 34.8. The van der Waals surface area contributed by atoms with Crippen LogP contribution in [0.2, 0.25) is 0 Å². The summed E-state index contributed by atoms with van der Waals surface area (Å²) in [7, 11) is 0. The highest BCUT2D eigenvalue weighted by Crippen LogP contribution is 2.24. The summed E-state index contributed by atoms with van der Waals surface area (Å²) >= 11 is 3.38. The molecule has 2 rings (SSSR count). The monoisotopic (exact) mass is 417 g/mol. The zero-order chi connectivity index (χ0) is 19.1. The second-order valence-electron chi connectivity index (χ2n) is 5.19. The normalized spacial score (nSPS) is 10.5. The minimum absolute atomic E-state index is 0.0638. The summed E-state index contributed by atoms with van der Waals surface area (Å²) < 4.78 is 5.83. The van der Waals surface area contributed by atoms with Crippen LogP contribution < -0.4 is 10.1 Å². The Morgan fingerprint density at radius 2 is 1.92 bits per heavy atom. The van der Waals surface area contributed by atoms with Crippen LogP contribution in [-0.2, 0) is 9.59 Å². The molecule has 0 aliphatic heterocycles. The zero-order valence-corrected chi connectivity index (χ0v) is 15.4. The number of benzene rings is 2. The lowest BCUT2D eigenvalue weighted by molar-refractivity contribution is -0.134. The Morgan fingerprint density at radius 1 is 1.19 bits per heavy atom. The maximum absolute atomic E-state index is 12.0. The van der Waals surface area contributed by atoms with E-state index < -0.39 is 17.8 Å². The zero-order valence-electron chi connectivity index (χ0n) is 13.9. The molecule has 6 nitrogen and oxygen atoms in total. The van der Waals surface area contributed by atoms with Crippen molar-refractivity contribution in [3.8, 4) is 5.75 Å². The Labute approximate surface area is 158 Å². The fourth-order valence-corrected chi connectivity index (χ4v) is 2.44. The number of carbonyl (C=O) groups is 3. The fraction of sp³-hybridized carbons (Fsp3) is 0.105. The van der Waals surface area contributed by atoms with Gasteiger partial charge in [0.25, 0.3) is 0 Å². The second kappa shape index (κ2) is 8.96. The molecule has 2 aromatic rings. The highest BCUT2D eigenvalue weighted by Gasteiger charge is 2.15. The van der Waals surface area contributed by atoms with Crippen molar-refractivity contribution in [2.75, 3.05) is 5.32 Å². The molecule has 0 aromatic heterocycles. The van der Waals surface area contributed by atoms with Gasteiger partial charge in [0.2, 0.25) is 5.91 Å². The first kappa shape index (κ1) is 19.4. The molecular formula is C19H16BrNO5. The van der Waals surface area contributed by atoms with Crippen molar-refractivity contribution >= 4 is 45.5 Å². The average Bonchev–Trinajstić information content (AvgIpc) is 2.62.